The van der Waals surface area contributed by atoms with Gasteiger partial charge in [-0.15, -0.1) is 0 Å². The normalized spacial score (nSPS) is 12.1. The Balaban J connectivity index is 2.77. The predicted octanol–water partition coefficient (Wildman–Crippen LogP) is 3.33. The number of alkyl halides is 3. The van der Waals surface area contributed by atoms with Gasteiger partial charge < -0.3 is 4.90 Å². The van der Waals surface area contributed by atoms with E-state index in [0.29, 0.717) is 5.56 Å². The molecule has 1 rings (SSSR count). The monoisotopic (exact) mass is 215 g/mol. The summed E-state index contributed by atoms with van der Waals surface area (Å²) in [6.07, 6.45) is -2.96. The molecule has 0 aliphatic rings. The molecule has 1 aromatic carbocycles. The predicted molar refractivity (Wildman–Crippen MR) is 55.9 cm³/mol. The number of hydrogen-bond donors (Lipinski definition) is 0. The number of nitrogens with zero attached hydrogens (tertiary/aromatic N) is 1. The maximum absolute atomic E-state index is 11.9. The van der Waals surface area contributed by atoms with E-state index in [1.807, 2.05) is 19.0 Å². The quantitative estimate of drug-likeness (QED) is 0.731. The van der Waals surface area contributed by atoms with Gasteiger partial charge >= 0.3 is 6.18 Å². The number of allylic oxidation sites excluding steroid dienone is 1. The van der Waals surface area contributed by atoms with Crippen molar-refractivity contribution in [1.29, 1.82) is 0 Å². The van der Waals surface area contributed by atoms with Crippen molar-refractivity contribution in [2.24, 2.45) is 0 Å². The van der Waals surface area contributed by atoms with Crippen molar-refractivity contribution < 1.29 is 13.2 Å². The third-order valence-electron chi connectivity index (χ3n) is 1.87. The molecule has 0 aromatic heterocycles. The summed E-state index contributed by atoms with van der Waals surface area (Å²) in [5.41, 5.74) is 1.50. The lowest BCUT2D eigenvalue weighted by Crippen LogP contribution is -2.07. The third kappa shape index (κ3) is 4.06. The lowest BCUT2D eigenvalue weighted by molar-refractivity contribution is -0.0790. The summed E-state index contributed by atoms with van der Waals surface area (Å²) in [6.45, 7) is 0. The van der Waals surface area contributed by atoms with Gasteiger partial charge in [0.05, 0.1) is 0 Å². The number of benzene rings is 1. The molecule has 0 radical (unpaired) electrons. The van der Waals surface area contributed by atoms with Crippen LogP contribution in [0.3, 0.4) is 0 Å². The molecule has 1 nitrogen and oxygen atoms in total. The molecule has 0 bridgehead atoms. The molecule has 0 amide bonds. The zero-order valence-electron chi connectivity index (χ0n) is 8.55. The highest BCUT2D eigenvalue weighted by atomic mass is 19.4. The van der Waals surface area contributed by atoms with Crippen molar-refractivity contribution in [3.8, 4) is 0 Å². The van der Waals surface area contributed by atoms with Gasteiger partial charge in [0.2, 0.25) is 0 Å². The SMILES string of the molecule is CN(C)c1ccc(/C=C/C(F)(F)F)cc1. The molecule has 1 aromatic rings. The Kier molecular flexibility index (Phi) is 3.39. The summed E-state index contributed by atoms with van der Waals surface area (Å²) in [5.74, 6) is 0. The van der Waals surface area contributed by atoms with Crippen molar-refractivity contribution >= 4 is 11.8 Å². The molecule has 0 saturated heterocycles. The second-order valence-corrected chi connectivity index (χ2v) is 3.36. The van der Waals surface area contributed by atoms with Gasteiger partial charge in [-0.3, -0.25) is 0 Å². The summed E-state index contributed by atoms with van der Waals surface area (Å²) in [6, 6.07) is 6.85. The van der Waals surface area contributed by atoms with Crippen molar-refractivity contribution in [3.05, 3.63) is 35.9 Å². The van der Waals surface area contributed by atoms with Crippen LogP contribution in [0.25, 0.3) is 6.08 Å². The number of halogens is 3. The van der Waals surface area contributed by atoms with Crippen molar-refractivity contribution in [2.45, 2.75) is 6.18 Å². The van der Waals surface area contributed by atoms with Crippen LogP contribution in [0.5, 0.6) is 0 Å². The summed E-state index contributed by atoms with van der Waals surface area (Å²) in [7, 11) is 3.75. The molecule has 0 heterocycles. The Hall–Kier alpha value is -1.45. The van der Waals surface area contributed by atoms with Crippen molar-refractivity contribution in [2.75, 3.05) is 19.0 Å². The summed E-state index contributed by atoms with van der Waals surface area (Å²) < 4.78 is 35.6. The molecule has 15 heavy (non-hydrogen) atoms. The Bertz CT molecular complexity index is 336. The number of rotatable bonds is 2. The Morgan fingerprint density at radius 1 is 1.07 bits per heavy atom. The maximum atomic E-state index is 11.9. The first-order valence-electron chi connectivity index (χ1n) is 4.42. The van der Waals surface area contributed by atoms with E-state index in [-0.39, 0.29) is 6.08 Å². The van der Waals surface area contributed by atoms with E-state index in [9.17, 15) is 13.2 Å². The van der Waals surface area contributed by atoms with Crippen LogP contribution in [-0.2, 0) is 0 Å². The van der Waals surface area contributed by atoms with Gasteiger partial charge in [-0.1, -0.05) is 18.2 Å². The maximum Gasteiger partial charge on any atom is 0.409 e. The molecule has 0 aliphatic carbocycles. The Labute approximate surface area is 86.8 Å². The van der Waals surface area contributed by atoms with E-state index in [0.717, 1.165) is 11.8 Å². The first-order chi connectivity index (χ1) is 6.88. The van der Waals surface area contributed by atoms with Crippen LogP contribution >= 0.6 is 0 Å². The molecule has 0 fully saturated rings. The summed E-state index contributed by atoms with van der Waals surface area (Å²) in [5, 5.41) is 0. The van der Waals surface area contributed by atoms with E-state index in [1.165, 1.54) is 0 Å². The number of hydrogen-bond acceptors (Lipinski definition) is 1. The Morgan fingerprint density at radius 2 is 1.60 bits per heavy atom. The van der Waals surface area contributed by atoms with Crippen LogP contribution in [0.2, 0.25) is 0 Å². The van der Waals surface area contributed by atoms with Gasteiger partial charge in [0.1, 0.15) is 0 Å². The van der Waals surface area contributed by atoms with Crippen LogP contribution in [0.1, 0.15) is 5.56 Å². The highest BCUT2D eigenvalue weighted by Crippen LogP contribution is 2.19. The second kappa shape index (κ2) is 4.38. The fourth-order valence-electron chi connectivity index (χ4n) is 1.07. The third-order valence-corrected chi connectivity index (χ3v) is 1.87. The van der Waals surface area contributed by atoms with Crippen LogP contribution in [0, 0.1) is 0 Å². The smallest absolute Gasteiger partial charge is 0.378 e. The average Bonchev–Trinajstić information content (AvgIpc) is 2.14. The lowest BCUT2D eigenvalue weighted by Gasteiger charge is -2.11. The van der Waals surface area contributed by atoms with Crippen LogP contribution in [0.15, 0.2) is 30.3 Å². The largest absolute Gasteiger partial charge is 0.409 e. The molecule has 82 valence electrons. The van der Waals surface area contributed by atoms with E-state index in [4.69, 9.17) is 0 Å². The van der Waals surface area contributed by atoms with Gasteiger partial charge in [-0.05, 0) is 17.7 Å². The summed E-state index contributed by atoms with van der Waals surface area (Å²) in [4.78, 5) is 1.89. The Morgan fingerprint density at radius 3 is 2.00 bits per heavy atom. The van der Waals surface area contributed by atoms with Crippen molar-refractivity contribution in [3.63, 3.8) is 0 Å². The topological polar surface area (TPSA) is 3.24 Å². The minimum atomic E-state index is -4.25. The zero-order chi connectivity index (χ0) is 11.5. The van der Waals surface area contributed by atoms with E-state index in [1.54, 1.807) is 24.3 Å². The number of anilines is 1. The first-order valence-corrected chi connectivity index (χ1v) is 4.42. The molecule has 0 unspecified atom stereocenters. The van der Waals surface area contributed by atoms with E-state index in [2.05, 4.69) is 0 Å². The zero-order valence-corrected chi connectivity index (χ0v) is 8.55. The molecule has 4 heteroatoms. The minimum Gasteiger partial charge on any atom is -0.378 e. The van der Waals surface area contributed by atoms with Crippen LogP contribution in [-0.4, -0.2) is 20.3 Å². The van der Waals surface area contributed by atoms with Crippen LogP contribution in [0.4, 0.5) is 18.9 Å². The highest BCUT2D eigenvalue weighted by molar-refractivity contribution is 5.55. The van der Waals surface area contributed by atoms with Gasteiger partial charge in [0.25, 0.3) is 0 Å². The molecule has 0 spiro atoms. The average molecular weight is 215 g/mol. The van der Waals surface area contributed by atoms with Gasteiger partial charge in [-0.2, -0.15) is 13.2 Å². The van der Waals surface area contributed by atoms with Gasteiger partial charge in [0, 0.05) is 25.9 Å². The fraction of sp³-hybridized carbons (Fsp3) is 0.273. The molecule has 0 saturated carbocycles. The summed E-state index contributed by atoms with van der Waals surface area (Å²) >= 11 is 0. The van der Waals surface area contributed by atoms with Crippen LogP contribution < -0.4 is 4.90 Å². The lowest BCUT2D eigenvalue weighted by atomic mass is 10.2. The van der Waals surface area contributed by atoms with Crippen molar-refractivity contribution in [1.82, 2.24) is 0 Å². The molecule has 0 aliphatic heterocycles. The highest BCUT2D eigenvalue weighted by Gasteiger charge is 2.21. The van der Waals surface area contributed by atoms with Gasteiger partial charge in [-0.25, -0.2) is 0 Å². The minimum absolute atomic E-state index is 0.234. The second-order valence-electron chi connectivity index (χ2n) is 3.36. The van der Waals surface area contributed by atoms with Gasteiger partial charge in [0.15, 0.2) is 0 Å². The molecule has 0 N–H and O–H groups in total. The molecule has 0 atom stereocenters. The van der Waals surface area contributed by atoms with E-state index < -0.39 is 6.18 Å². The fourth-order valence-corrected chi connectivity index (χ4v) is 1.07. The standard InChI is InChI=1S/C11H12F3N/c1-15(2)10-5-3-9(4-6-10)7-8-11(12,13)14/h3-8H,1-2H3/b8-7+. The molecular formula is C11H12F3N. The molecular weight excluding hydrogens is 203 g/mol. The first kappa shape index (κ1) is 11.6. The van der Waals surface area contributed by atoms with E-state index >= 15 is 0 Å².